The summed E-state index contributed by atoms with van der Waals surface area (Å²) in [6.45, 7) is 0. The molecule has 0 bridgehead atoms. The molecule has 0 amide bonds. The molecule has 4 heteroatoms. The SMILES string of the molecule is Clc1ccn2cc(-c3cccs3)nc2c1. The number of fused-ring (bicyclic) bond motifs is 1. The molecule has 15 heavy (non-hydrogen) atoms. The first kappa shape index (κ1) is 8.95. The van der Waals surface area contributed by atoms with E-state index in [1.807, 2.05) is 40.4 Å². The van der Waals surface area contributed by atoms with Gasteiger partial charge in [0.1, 0.15) is 5.65 Å². The van der Waals surface area contributed by atoms with Gasteiger partial charge < -0.3 is 4.40 Å². The first-order valence-electron chi connectivity index (χ1n) is 4.51. The van der Waals surface area contributed by atoms with Crippen LogP contribution in [0.1, 0.15) is 0 Å². The van der Waals surface area contributed by atoms with Crippen molar-refractivity contribution in [2.45, 2.75) is 0 Å². The molecule has 0 saturated heterocycles. The van der Waals surface area contributed by atoms with Gasteiger partial charge in [-0.2, -0.15) is 0 Å². The Balaban J connectivity index is 2.22. The van der Waals surface area contributed by atoms with E-state index in [9.17, 15) is 0 Å². The molecule has 0 aliphatic rings. The van der Waals surface area contributed by atoms with E-state index in [1.54, 1.807) is 11.3 Å². The summed E-state index contributed by atoms with van der Waals surface area (Å²) in [4.78, 5) is 5.68. The minimum absolute atomic E-state index is 0.714. The molecule has 0 radical (unpaired) electrons. The highest BCUT2D eigenvalue weighted by atomic mass is 35.5. The van der Waals surface area contributed by atoms with E-state index in [2.05, 4.69) is 11.1 Å². The van der Waals surface area contributed by atoms with Crippen molar-refractivity contribution in [2.75, 3.05) is 0 Å². The smallest absolute Gasteiger partial charge is 0.138 e. The molecular weight excluding hydrogens is 228 g/mol. The maximum Gasteiger partial charge on any atom is 0.138 e. The van der Waals surface area contributed by atoms with Gasteiger partial charge in [0.2, 0.25) is 0 Å². The lowest BCUT2D eigenvalue weighted by molar-refractivity contribution is 1.19. The van der Waals surface area contributed by atoms with Crippen LogP contribution in [0.2, 0.25) is 5.02 Å². The zero-order chi connectivity index (χ0) is 10.3. The molecule has 74 valence electrons. The lowest BCUT2D eigenvalue weighted by Gasteiger charge is -1.90. The van der Waals surface area contributed by atoms with Crippen molar-refractivity contribution in [3.05, 3.63) is 47.1 Å². The number of imidazole rings is 1. The quantitative estimate of drug-likeness (QED) is 0.627. The molecule has 0 spiro atoms. The second-order valence-corrected chi connectivity index (χ2v) is 4.60. The third-order valence-electron chi connectivity index (χ3n) is 2.20. The van der Waals surface area contributed by atoms with Crippen molar-refractivity contribution < 1.29 is 0 Å². The Morgan fingerprint density at radius 3 is 3.07 bits per heavy atom. The highest BCUT2D eigenvalue weighted by Crippen LogP contribution is 2.24. The van der Waals surface area contributed by atoms with Crippen LogP contribution in [-0.2, 0) is 0 Å². The van der Waals surface area contributed by atoms with Gasteiger partial charge in [-0.3, -0.25) is 0 Å². The van der Waals surface area contributed by atoms with Gasteiger partial charge in [0.05, 0.1) is 10.6 Å². The molecule has 0 saturated carbocycles. The van der Waals surface area contributed by atoms with Gasteiger partial charge in [0.25, 0.3) is 0 Å². The molecule has 3 aromatic rings. The number of halogens is 1. The average molecular weight is 235 g/mol. The van der Waals surface area contributed by atoms with Gasteiger partial charge in [0.15, 0.2) is 0 Å². The summed E-state index contributed by atoms with van der Waals surface area (Å²) < 4.78 is 1.97. The topological polar surface area (TPSA) is 17.3 Å². The zero-order valence-electron chi connectivity index (χ0n) is 7.72. The summed E-state index contributed by atoms with van der Waals surface area (Å²) in [5.74, 6) is 0. The first-order chi connectivity index (χ1) is 7.33. The van der Waals surface area contributed by atoms with Crippen LogP contribution >= 0.6 is 22.9 Å². The van der Waals surface area contributed by atoms with Gasteiger partial charge in [-0.1, -0.05) is 17.7 Å². The van der Waals surface area contributed by atoms with Crippen LogP contribution in [-0.4, -0.2) is 9.38 Å². The Kier molecular flexibility index (Phi) is 2.01. The molecule has 2 nitrogen and oxygen atoms in total. The summed E-state index contributed by atoms with van der Waals surface area (Å²) >= 11 is 7.59. The third-order valence-corrected chi connectivity index (χ3v) is 3.32. The fourth-order valence-corrected chi connectivity index (χ4v) is 2.33. The maximum atomic E-state index is 5.90. The Labute approximate surface area is 95.8 Å². The van der Waals surface area contributed by atoms with Crippen molar-refractivity contribution in [1.82, 2.24) is 9.38 Å². The van der Waals surface area contributed by atoms with Crippen LogP contribution in [0.5, 0.6) is 0 Å². The fourth-order valence-electron chi connectivity index (χ4n) is 1.50. The standard InChI is InChI=1S/C11H7ClN2S/c12-8-3-4-14-7-9(13-11(14)6-8)10-2-1-5-15-10/h1-7H. The summed E-state index contributed by atoms with van der Waals surface area (Å²) in [6, 6.07) is 7.80. The van der Waals surface area contributed by atoms with E-state index in [1.165, 1.54) is 4.88 Å². The molecule has 0 N–H and O–H groups in total. The Morgan fingerprint density at radius 1 is 1.33 bits per heavy atom. The van der Waals surface area contributed by atoms with Gasteiger partial charge in [-0.15, -0.1) is 11.3 Å². The van der Waals surface area contributed by atoms with Crippen LogP contribution in [0.3, 0.4) is 0 Å². The Bertz CT molecular complexity index is 598. The van der Waals surface area contributed by atoms with Gasteiger partial charge in [-0.25, -0.2) is 4.98 Å². The molecule has 3 aromatic heterocycles. The Hall–Kier alpha value is -1.32. The zero-order valence-corrected chi connectivity index (χ0v) is 9.29. The highest BCUT2D eigenvalue weighted by Gasteiger charge is 2.04. The number of aromatic nitrogens is 2. The van der Waals surface area contributed by atoms with Crippen molar-refractivity contribution >= 4 is 28.6 Å². The number of pyridine rings is 1. The summed E-state index contributed by atoms with van der Waals surface area (Å²) in [5.41, 5.74) is 1.87. The highest BCUT2D eigenvalue weighted by molar-refractivity contribution is 7.13. The van der Waals surface area contributed by atoms with E-state index in [4.69, 9.17) is 11.6 Å². The average Bonchev–Trinajstić information content (AvgIpc) is 2.84. The van der Waals surface area contributed by atoms with Crippen LogP contribution in [0.25, 0.3) is 16.2 Å². The minimum Gasteiger partial charge on any atom is -0.306 e. The monoisotopic (exact) mass is 234 g/mol. The maximum absolute atomic E-state index is 5.90. The largest absolute Gasteiger partial charge is 0.306 e. The Morgan fingerprint density at radius 2 is 2.27 bits per heavy atom. The van der Waals surface area contributed by atoms with E-state index in [-0.39, 0.29) is 0 Å². The predicted molar refractivity (Wildman–Crippen MR) is 63.5 cm³/mol. The predicted octanol–water partition coefficient (Wildman–Crippen LogP) is 3.72. The third kappa shape index (κ3) is 1.54. The van der Waals surface area contributed by atoms with Crippen molar-refractivity contribution in [3.8, 4) is 10.6 Å². The van der Waals surface area contributed by atoms with Crippen molar-refractivity contribution in [2.24, 2.45) is 0 Å². The molecule has 3 rings (SSSR count). The van der Waals surface area contributed by atoms with Crippen molar-refractivity contribution in [3.63, 3.8) is 0 Å². The van der Waals surface area contributed by atoms with E-state index >= 15 is 0 Å². The van der Waals surface area contributed by atoms with Gasteiger partial charge >= 0.3 is 0 Å². The summed E-state index contributed by atoms with van der Waals surface area (Å²) in [5, 5.41) is 2.76. The molecule has 0 unspecified atom stereocenters. The number of nitrogens with zero attached hydrogens (tertiary/aromatic N) is 2. The van der Waals surface area contributed by atoms with Gasteiger partial charge in [0, 0.05) is 23.5 Å². The second-order valence-electron chi connectivity index (χ2n) is 3.21. The van der Waals surface area contributed by atoms with E-state index in [0.29, 0.717) is 5.02 Å². The summed E-state index contributed by atoms with van der Waals surface area (Å²) in [7, 11) is 0. The molecule has 0 aliphatic carbocycles. The minimum atomic E-state index is 0.714. The van der Waals surface area contributed by atoms with E-state index in [0.717, 1.165) is 11.3 Å². The van der Waals surface area contributed by atoms with Crippen LogP contribution < -0.4 is 0 Å². The molecule has 0 fully saturated rings. The fraction of sp³-hybridized carbons (Fsp3) is 0. The number of rotatable bonds is 1. The van der Waals surface area contributed by atoms with Gasteiger partial charge in [-0.05, 0) is 17.5 Å². The second kappa shape index (κ2) is 3.36. The lowest BCUT2D eigenvalue weighted by atomic mass is 10.4. The van der Waals surface area contributed by atoms with Crippen LogP contribution in [0.4, 0.5) is 0 Å². The number of hydrogen-bond donors (Lipinski definition) is 0. The molecule has 0 aromatic carbocycles. The normalized spacial score (nSPS) is 11.0. The molecule has 3 heterocycles. The molecule has 0 atom stereocenters. The molecule has 0 aliphatic heterocycles. The first-order valence-corrected chi connectivity index (χ1v) is 5.77. The summed E-state index contributed by atoms with van der Waals surface area (Å²) in [6.07, 6.45) is 3.93. The van der Waals surface area contributed by atoms with Crippen LogP contribution in [0, 0.1) is 0 Å². The number of thiophene rings is 1. The van der Waals surface area contributed by atoms with Crippen molar-refractivity contribution in [1.29, 1.82) is 0 Å². The van der Waals surface area contributed by atoms with Crippen LogP contribution in [0.15, 0.2) is 42.0 Å². The number of hydrogen-bond acceptors (Lipinski definition) is 2. The molecular formula is C11H7ClN2S. The van der Waals surface area contributed by atoms with E-state index < -0.39 is 0 Å². The lowest BCUT2D eigenvalue weighted by Crippen LogP contribution is -1.79.